The number of aliphatic hydroxyl groups is 1. The largest absolute Gasteiger partial charge is 0.388 e. The van der Waals surface area contributed by atoms with E-state index in [9.17, 15) is 9.90 Å². The molecule has 0 aliphatic heterocycles. The molecule has 1 fully saturated rings. The standard InChI is InChI=1S/C22H28N4O3/c1-22(2,28)13-29-18-5-3-16(4-6-18)26-9-7-15-11-17(25-10-8-24-14-25)12-19(20(15)26)21(23)27/h7-12,14,16,18,28H,3-6,13H2,1-2H3,(H2,23,27). The quantitative estimate of drug-likeness (QED) is 0.669. The van der Waals surface area contributed by atoms with Gasteiger partial charge in [0.05, 0.1) is 35.7 Å². The Morgan fingerprint density at radius 1 is 1.28 bits per heavy atom. The van der Waals surface area contributed by atoms with Crippen molar-refractivity contribution < 1.29 is 14.6 Å². The van der Waals surface area contributed by atoms with Crippen LogP contribution >= 0.6 is 0 Å². The molecule has 7 heteroatoms. The van der Waals surface area contributed by atoms with E-state index in [1.165, 1.54) is 0 Å². The van der Waals surface area contributed by atoms with Gasteiger partial charge in [-0.3, -0.25) is 4.79 Å². The maximum absolute atomic E-state index is 12.2. The lowest BCUT2D eigenvalue weighted by molar-refractivity contribution is -0.0653. The zero-order valence-electron chi connectivity index (χ0n) is 16.9. The molecule has 1 amide bonds. The minimum atomic E-state index is -0.809. The number of amides is 1. The zero-order valence-corrected chi connectivity index (χ0v) is 16.9. The summed E-state index contributed by atoms with van der Waals surface area (Å²) in [5, 5.41) is 10.9. The summed E-state index contributed by atoms with van der Waals surface area (Å²) in [6.07, 6.45) is 11.3. The highest BCUT2D eigenvalue weighted by atomic mass is 16.5. The fraction of sp³-hybridized carbons (Fsp3) is 0.455. The topological polar surface area (TPSA) is 95.3 Å². The minimum absolute atomic E-state index is 0.169. The number of hydrogen-bond donors (Lipinski definition) is 2. The Labute approximate surface area is 170 Å². The van der Waals surface area contributed by atoms with E-state index in [1.54, 1.807) is 26.4 Å². The van der Waals surface area contributed by atoms with Gasteiger partial charge >= 0.3 is 0 Å². The van der Waals surface area contributed by atoms with Crippen molar-refractivity contribution in [2.45, 2.75) is 57.3 Å². The van der Waals surface area contributed by atoms with E-state index in [2.05, 4.69) is 21.8 Å². The van der Waals surface area contributed by atoms with Gasteiger partial charge in [0.15, 0.2) is 0 Å². The minimum Gasteiger partial charge on any atom is -0.388 e. The number of primary amides is 1. The van der Waals surface area contributed by atoms with Crippen molar-refractivity contribution in [2.75, 3.05) is 6.61 Å². The number of ether oxygens (including phenoxy) is 1. The van der Waals surface area contributed by atoms with Gasteiger partial charge in [-0.15, -0.1) is 0 Å². The van der Waals surface area contributed by atoms with Gasteiger partial charge in [0.1, 0.15) is 0 Å². The first-order valence-electron chi connectivity index (χ1n) is 10.1. The maximum Gasteiger partial charge on any atom is 0.250 e. The summed E-state index contributed by atoms with van der Waals surface area (Å²) in [6, 6.07) is 6.23. The molecule has 2 heterocycles. The highest BCUT2D eigenvalue weighted by Crippen LogP contribution is 2.35. The number of hydrogen-bond acceptors (Lipinski definition) is 4. The molecular weight excluding hydrogens is 368 g/mol. The van der Waals surface area contributed by atoms with Gasteiger partial charge in [0.2, 0.25) is 0 Å². The molecule has 0 radical (unpaired) electrons. The number of fused-ring (bicyclic) bond motifs is 1. The van der Waals surface area contributed by atoms with Crippen LogP contribution in [0.5, 0.6) is 0 Å². The van der Waals surface area contributed by atoms with E-state index >= 15 is 0 Å². The van der Waals surface area contributed by atoms with Crippen molar-refractivity contribution >= 4 is 16.8 Å². The highest BCUT2D eigenvalue weighted by molar-refractivity contribution is 6.06. The highest BCUT2D eigenvalue weighted by Gasteiger charge is 2.26. The number of nitrogens with zero attached hydrogens (tertiary/aromatic N) is 3. The van der Waals surface area contributed by atoms with Gasteiger partial charge in [0, 0.05) is 35.7 Å². The second-order valence-corrected chi connectivity index (χ2v) is 8.54. The van der Waals surface area contributed by atoms with Crippen LogP contribution in [0, 0.1) is 0 Å². The number of benzene rings is 1. The molecule has 1 aliphatic rings. The van der Waals surface area contributed by atoms with Gasteiger partial charge in [-0.2, -0.15) is 0 Å². The third kappa shape index (κ3) is 4.21. The van der Waals surface area contributed by atoms with Gasteiger partial charge in [-0.1, -0.05) is 0 Å². The molecule has 1 aromatic carbocycles. The molecule has 1 saturated carbocycles. The fourth-order valence-corrected chi connectivity index (χ4v) is 4.16. The van der Waals surface area contributed by atoms with Crippen LogP contribution in [0.4, 0.5) is 0 Å². The molecule has 7 nitrogen and oxygen atoms in total. The molecule has 3 N–H and O–H groups in total. The molecule has 0 atom stereocenters. The third-order valence-electron chi connectivity index (χ3n) is 5.57. The molecule has 4 rings (SSSR count). The monoisotopic (exact) mass is 396 g/mol. The Kier molecular flexibility index (Phi) is 5.19. The average molecular weight is 396 g/mol. The van der Waals surface area contributed by atoms with Gasteiger partial charge in [-0.25, -0.2) is 4.98 Å². The summed E-state index contributed by atoms with van der Waals surface area (Å²) in [5.41, 5.74) is 7.21. The SMILES string of the molecule is CC(C)(O)COC1CCC(n2ccc3cc(-n4ccnc4)cc(C(N)=O)c32)CC1. The van der Waals surface area contributed by atoms with E-state index in [1.807, 2.05) is 22.9 Å². The van der Waals surface area contributed by atoms with Crippen LogP contribution in [-0.4, -0.2) is 43.4 Å². The number of imidazole rings is 1. The van der Waals surface area contributed by atoms with Gasteiger partial charge in [0.25, 0.3) is 5.91 Å². The summed E-state index contributed by atoms with van der Waals surface area (Å²) >= 11 is 0. The first-order valence-corrected chi connectivity index (χ1v) is 10.1. The molecular formula is C22H28N4O3. The number of aromatic nitrogens is 3. The van der Waals surface area contributed by atoms with Crippen LogP contribution in [-0.2, 0) is 4.74 Å². The average Bonchev–Trinajstić information content (AvgIpc) is 3.35. The van der Waals surface area contributed by atoms with Crippen molar-refractivity contribution in [3.8, 4) is 5.69 Å². The second kappa shape index (κ2) is 7.65. The van der Waals surface area contributed by atoms with E-state index in [4.69, 9.17) is 10.5 Å². The van der Waals surface area contributed by atoms with Crippen molar-refractivity contribution in [1.82, 2.24) is 14.1 Å². The Hall–Kier alpha value is -2.64. The van der Waals surface area contributed by atoms with Gasteiger partial charge < -0.3 is 24.7 Å². The van der Waals surface area contributed by atoms with Crippen LogP contribution in [0.15, 0.2) is 43.1 Å². The predicted molar refractivity (Wildman–Crippen MR) is 111 cm³/mol. The Morgan fingerprint density at radius 2 is 2.03 bits per heavy atom. The van der Waals surface area contributed by atoms with Crippen molar-refractivity contribution in [2.24, 2.45) is 5.73 Å². The Bertz CT molecular complexity index is 993. The number of nitrogens with two attached hydrogens (primary N) is 1. The summed E-state index contributed by atoms with van der Waals surface area (Å²) in [5.74, 6) is -0.431. The van der Waals surface area contributed by atoms with Gasteiger partial charge in [-0.05, 0) is 57.7 Å². The lowest BCUT2D eigenvalue weighted by Gasteiger charge is -2.31. The molecule has 0 bridgehead atoms. The summed E-state index contributed by atoms with van der Waals surface area (Å²) in [7, 11) is 0. The molecule has 29 heavy (non-hydrogen) atoms. The number of carbonyl (C=O) groups excluding carboxylic acids is 1. The summed E-state index contributed by atoms with van der Waals surface area (Å²) in [6.45, 7) is 3.86. The molecule has 0 unspecified atom stereocenters. The molecule has 0 saturated heterocycles. The second-order valence-electron chi connectivity index (χ2n) is 8.54. The van der Waals surface area contributed by atoms with E-state index in [0.29, 0.717) is 18.2 Å². The fourth-order valence-electron chi connectivity index (χ4n) is 4.16. The van der Waals surface area contributed by atoms with Crippen molar-refractivity contribution in [3.63, 3.8) is 0 Å². The van der Waals surface area contributed by atoms with E-state index < -0.39 is 11.5 Å². The lowest BCUT2D eigenvalue weighted by atomic mass is 9.92. The van der Waals surface area contributed by atoms with Crippen LogP contribution in [0.1, 0.15) is 55.9 Å². The number of carbonyl (C=O) groups is 1. The first kappa shape index (κ1) is 19.7. The first-order chi connectivity index (χ1) is 13.8. The number of rotatable bonds is 6. The summed E-state index contributed by atoms with van der Waals surface area (Å²) < 4.78 is 9.94. The van der Waals surface area contributed by atoms with Crippen LogP contribution in [0.3, 0.4) is 0 Å². The summed E-state index contributed by atoms with van der Waals surface area (Å²) in [4.78, 5) is 16.3. The Balaban J connectivity index is 1.58. The zero-order chi connectivity index (χ0) is 20.6. The van der Waals surface area contributed by atoms with Crippen LogP contribution < -0.4 is 5.73 Å². The predicted octanol–water partition coefficient (Wildman–Crippen LogP) is 3.20. The molecule has 2 aromatic heterocycles. The van der Waals surface area contributed by atoms with Crippen molar-refractivity contribution in [3.05, 3.63) is 48.7 Å². The Morgan fingerprint density at radius 3 is 2.66 bits per heavy atom. The maximum atomic E-state index is 12.2. The lowest BCUT2D eigenvalue weighted by Crippen LogP contribution is -2.31. The normalized spacial score (nSPS) is 20.2. The molecule has 3 aromatic rings. The van der Waals surface area contributed by atoms with Crippen LogP contribution in [0.25, 0.3) is 16.6 Å². The van der Waals surface area contributed by atoms with Crippen LogP contribution in [0.2, 0.25) is 0 Å². The molecule has 0 spiro atoms. The molecule has 1 aliphatic carbocycles. The van der Waals surface area contributed by atoms with E-state index in [0.717, 1.165) is 42.3 Å². The van der Waals surface area contributed by atoms with E-state index in [-0.39, 0.29) is 6.10 Å². The van der Waals surface area contributed by atoms with Crippen molar-refractivity contribution in [1.29, 1.82) is 0 Å². The third-order valence-corrected chi connectivity index (χ3v) is 5.57. The molecule has 154 valence electrons. The smallest absolute Gasteiger partial charge is 0.250 e.